The Hall–Kier alpha value is -2.45. The van der Waals surface area contributed by atoms with Gasteiger partial charge in [-0.25, -0.2) is 4.99 Å². The van der Waals surface area contributed by atoms with Gasteiger partial charge < -0.3 is 20.7 Å². The van der Waals surface area contributed by atoms with E-state index >= 15 is 0 Å². The van der Waals surface area contributed by atoms with E-state index in [1.807, 2.05) is 6.92 Å². The number of amides is 1. The Morgan fingerprint density at radius 2 is 2.15 bits per heavy atom. The van der Waals surface area contributed by atoms with Gasteiger partial charge >= 0.3 is 6.18 Å². The van der Waals surface area contributed by atoms with Crippen molar-refractivity contribution in [2.24, 2.45) is 4.99 Å². The zero-order chi connectivity index (χ0) is 19.0. The Morgan fingerprint density at radius 1 is 1.38 bits per heavy atom. The second kappa shape index (κ2) is 9.30. The number of carbonyl (C=O) groups excluding carboxylic acids is 1. The number of nitrogens with zero attached hydrogens (tertiary/aromatic N) is 1. The SMILES string of the molecule is CCNC(=NCCOc1ccccc1C(F)(F)F)NC1CCC(=O)NC1. The maximum Gasteiger partial charge on any atom is 0.419 e. The highest BCUT2D eigenvalue weighted by Crippen LogP contribution is 2.35. The number of para-hydroxylation sites is 1. The third kappa shape index (κ3) is 6.12. The number of halogens is 3. The van der Waals surface area contributed by atoms with Crippen molar-refractivity contribution in [3.8, 4) is 5.75 Å². The third-order valence-electron chi connectivity index (χ3n) is 3.76. The number of rotatable bonds is 6. The van der Waals surface area contributed by atoms with Gasteiger partial charge in [0.2, 0.25) is 5.91 Å². The number of piperidine rings is 1. The van der Waals surface area contributed by atoms with E-state index < -0.39 is 11.7 Å². The molecule has 0 saturated carbocycles. The van der Waals surface area contributed by atoms with Crippen LogP contribution in [0.5, 0.6) is 5.75 Å². The molecular weight excluding hydrogens is 349 g/mol. The summed E-state index contributed by atoms with van der Waals surface area (Å²) in [5.41, 5.74) is -0.799. The largest absolute Gasteiger partial charge is 0.491 e. The highest BCUT2D eigenvalue weighted by molar-refractivity contribution is 5.81. The Balaban J connectivity index is 1.87. The highest BCUT2D eigenvalue weighted by atomic mass is 19.4. The van der Waals surface area contributed by atoms with Crippen molar-refractivity contribution in [1.29, 1.82) is 0 Å². The molecule has 9 heteroatoms. The molecule has 1 unspecified atom stereocenters. The quantitative estimate of drug-likeness (QED) is 0.405. The number of guanidine groups is 1. The summed E-state index contributed by atoms with van der Waals surface area (Å²) in [7, 11) is 0. The second-order valence-electron chi connectivity index (χ2n) is 5.79. The van der Waals surface area contributed by atoms with E-state index in [9.17, 15) is 18.0 Å². The average Bonchev–Trinajstić information content (AvgIpc) is 2.60. The molecule has 0 spiro atoms. The van der Waals surface area contributed by atoms with Crippen molar-refractivity contribution in [1.82, 2.24) is 16.0 Å². The molecule has 3 N–H and O–H groups in total. The molecule has 0 aliphatic carbocycles. The van der Waals surface area contributed by atoms with Gasteiger partial charge in [0, 0.05) is 25.6 Å². The van der Waals surface area contributed by atoms with Gasteiger partial charge in [0.05, 0.1) is 12.1 Å². The summed E-state index contributed by atoms with van der Waals surface area (Å²) in [6.07, 6.45) is -3.30. The first-order valence-electron chi connectivity index (χ1n) is 8.50. The Labute approximate surface area is 150 Å². The van der Waals surface area contributed by atoms with Crippen LogP contribution in [0.1, 0.15) is 25.3 Å². The molecule has 1 fully saturated rings. The summed E-state index contributed by atoms with van der Waals surface area (Å²) >= 11 is 0. The third-order valence-corrected chi connectivity index (χ3v) is 3.76. The molecule has 1 aromatic rings. The van der Waals surface area contributed by atoms with Crippen LogP contribution in [0.25, 0.3) is 0 Å². The lowest BCUT2D eigenvalue weighted by molar-refractivity contribution is -0.139. The fourth-order valence-electron chi connectivity index (χ4n) is 2.51. The molecule has 0 aromatic heterocycles. The van der Waals surface area contributed by atoms with E-state index in [1.165, 1.54) is 18.2 Å². The van der Waals surface area contributed by atoms with Crippen molar-refractivity contribution in [3.63, 3.8) is 0 Å². The normalized spacial score (nSPS) is 18.2. The van der Waals surface area contributed by atoms with Gasteiger partial charge in [-0.15, -0.1) is 0 Å². The lowest BCUT2D eigenvalue weighted by atomic mass is 10.1. The van der Waals surface area contributed by atoms with Crippen LogP contribution in [0.15, 0.2) is 29.3 Å². The van der Waals surface area contributed by atoms with Crippen LogP contribution in [0.3, 0.4) is 0 Å². The standard InChI is InChI=1S/C17H23F3N4O2/c1-2-21-16(24-12-7-8-15(25)23-11-12)22-9-10-26-14-6-4-3-5-13(14)17(18,19)20/h3-6,12H,2,7-11H2,1H3,(H,23,25)(H2,21,22,24). The summed E-state index contributed by atoms with van der Waals surface area (Å²) < 4.78 is 44.0. The number of benzene rings is 1. The van der Waals surface area contributed by atoms with Crippen molar-refractivity contribution in [3.05, 3.63) is 29.8 Å². The Kier molecular flexibility index (Phi) is 7.11. The molecule has 1 aliphatic heterocycles. The smallest absolute Gasteiger partial charge is 0.419 e. The molecule has 1 heterocycles. The summed E-state index contributed by atoms with van der Waals surface area (Å²) in [4.78, 5) is 15.5. The molecule has 0 radical (unpaired) electrons. The van der Waals surface area contributed by atoms with Crippen LogP contribution >= 0.6 is 0 Å². The maximum absolute atomic E-state index is 12.9. The molecule has 0 bridgehead atoms. The monoisotopic (exact) mass is 372 g/mol. The van der Waals surface area contributed by atoms with Crippen LogP contribution in [-0.4, -0.2) is 44.1 Å². The van der Waals surface area contributed by atoms with E-state index in [0.717, 1.165) is 6.07 Å². The molecule has 6 nitrogen and oxygen atoms in total. The lowest BCUT2D eigenvalue weighted by Crippen LogP contribution is -2.51. The fourth-order valence-corrected chi connectivity index (χ4v) is 2.51. The Bertz CT molecular complexity index is 625. The van der Waals surface area contributed by atoms with Crippen LogP contribution in [0.2, 0.25) is 0 Å². The van der Waals surface area contributed by atoms with Crippen LogP contribution in [0.4, 0.5) is 13.2 Å². The predicted octanol–water partition coefficient (Wildman–Crippen LogP) is 1.92. The minimum Gasteiger partial charge on any atom is -0.491 e. The minimum atomic E-state index is -4.46. The van der Waals surface area contributed by atoms with Crippen molar-refractivity contribution >= 4 is 11.9 Å². The summed E-state index contributed by atoms with van der Waals surface area (Å²) in [5.74, 6) is 0.367. The zero-order valence-corrected chi connectivity index (χ0v) is 14.5. The zero-order valence-electron chi connectivity index (χ0n) is 14.5. The molecule has 1 atom stereocenters. The van der Waals surface area contributed by atoms with Gasteiger partial charge in [-0.1, -0.05) is 12.1 Å². The van der Waals surface area contributed by atoms with Gasteiger partial charge in [0.25, 0.3) is 0 Å². The topological polar surface area (TPSA) is 74.8 Å². The van der Waals surface area contributed by atoms with E-state index in [1.54, 1.807) is 0 Å². The number of carbonyl (C=O) groups is 1. The van der Waals surface area contributed by atoms with Crippen LogP contribution in [0, 0.1) is 0 Å². The average molecular weight is 372 g/mol. The van der Waals surface area contributed by atoms with E-state index in [4.69, 9.17) is 4.74 Å². The first kappa shape index (κ1) is 19.9. The minimum absolute atomic E-state index is 0.0189. The van der Waals surface area contributed by atoms with Crippen molar-refractivity contribution in [2.45, 2.75) is 32.0 Å². The molecule has 2 rings (SSSR count). The molecule has 1 aromatic carbocycles. The van der Waals surface area contributed by atoms with Gasteiger partial charge in [-0.05, 0) is 25.5 Å². The van der Waals surface area contributed by atoms with Gasteiger partial charge in [-0.3, -0.25) is 4.79 Å². The first-order chi connectivity index (χ1) is 12.4. The number of hydrogen-bond donors (Lipinski definition) is 3. The maximum atomic E-state index is 12.9. The van der Waals surface area contributed by atoms with Crippen LogP contribution < -0.4 is 20.7 Å². The first-order valence-corrected chi connectivity index (χ1v) is 8.50. The van der Waals surface area contributed by atoms with E-state index in [2.05, 4.69) is 20.9 Å². The van der Waals surface area contributed by atoms with Crippen LogP contribution in [-0.2, 0) is 11.0 Å². The lowest BCUT2D eigenvalue weighted by Gasteiger charge is -2.25. The number of ether oxygens (including phenoxy) is 1. The molecular formula is C17H23F3N4O2. The molecule has 26 heavy (non-hydrogen) atoms. The molecule has 144 valence electrons. The Morgan fingerprint density at radius 3 is 2.81 bits per heavy atom. The predicted molar refractivity (Wildman–Crippen MR) is 92.1 cm³/mol. The number of alkyl halides is 3. The number of hydrogen-bond acceptors (Lipinski definition) is 3. The van der Waals surface area contributed by atoms with Gasteiger partial charge in [0.1, 0.15) is 12.4 Å². The number of aliphatic imine (C=N–C) groups is 1. The molecule has 1 saturated heterocycles. The summed E-state index contributed by atoms with van der Waals surface area (Å²) in [5, 5.41) is 9.04. The summed E-state index contributed by atoms with van der Waals surface area (Å²) in [6, 6.07) is 5.17. The summed E-state index contributed by atoms with van der Waals surface area (Å²) in [6.45, 7) is 3.28. The second-order valence-corrected chi connectivity index (χ2v) is 5.79. The van der Waals surface area contributed by atoms with Gasteiger partial charge in [-0.2, -0.15) is 13.2 Å². The van der Waals surface area contributed by atoms with Gasteiger partial charge in [0.15, 0.2) is 5.96 Å². The van der Waals surface area contributed by atoms with E-state index in [-0.39, 0.29) is 30.9 Å². The highest BCUT2D eigenvalue weighted by Gasteiger charge is 2.33. The molecule has 1 amide bonds. The number of nitrogens with one attached hydrogen (secondary N) is 3. The van der Waals surface area contributed by atoms with Crippen molar-refractivity contribution in [2.75, 3.05) is 26.2 Å². The fraction of sp³-hybridized carbons (Fsp3) is 0.529. The molecule has 1 aliphatic rings. The van der Waals surface area contributed by atoms with E-state index in [0.29, 0.717) is 31.9 Å². The van der Waals surface area contributed by atoms with Crippen molar-refractivity contribution < 1.29 is 22.7 Å².